The molecule has 1 aromatic carbocycles. The van der Waals surface area contributed by atoms with E-state index in [0.29, 0.717) is 36.0 Å². The molecule has 1 fully saturated rings. The van der Waals surface area contributed by atoms with Gasteiger partial charge in [0.2, 0.25) is 11.8 Å². The van der Waals surface area contributed by atoms with Gasteiger partial charge in [-0.15, -0.1) is 0 Å². The van der Waals surface area contributed by atoms with Crippen LogP contribution >= 0.6 is 0 Å². The summed E-state index contributed by atoms with van der Waals surface area (Å²) in [5.74, 6) is 1.02. The van der Waals surface area contributed by atoms with Crippen LogP contribution in [-0.4, -0.2) is 45.9 Å². The molecule has 1 unspecified atom stereocenters. The van der Waals surface area contributed by atoms with Crippen molar-refractivity contribution < 1.29 is 14.3 Å². The Hall–Kier alpha value is -2.96. The third-order valence-electron chi connectivity index (χ3n) is 4.16. The number of piperidine rings is 1. The molecule has 2 heterocycles. The number of ether oxygens (including phenoxy) is 1. The first kappa shape index (κ1) is 17.8. The molecule has 0 bridgehead atoms. The molecule has 0 saturated carbocycles. The Morgan fingerprint density at radius 1 is 1.23 bits per heavy atom. The summed E-state index contributed by atoms with van der Waals surface area (Å²) >= 11 is 0. The first-order chi connectivity index (χ1) is 12.5. The third-order valence-corrected chi connectivity index (χ3v) is 4.16. The van der Waals surface area contributed by atoms with Gasteiger partial charge in [-0.05, 0) is 44.0 Å². The Morgan fingerprint density at radius 3 is 2.69 bits per heavy atom. The van der Waals surface area contributed by atoms with Crippen molar-refractivity contribution in [1.82, 2.24) is 14.9 Å². The average Bonchev–Trinajstić information content (AvgIpc) is 2.61. The Kier molecular flexibility index (Phi) is 5.46. The number of nitrogens with one attached hydrogen (secondary N) is 1. The molecule has 7 nitrogen and oxygen atoms in total. The molecule has 136 valence electrons. The summed E-state index contributed by atoms with van der Waals surface area (Å²) in [4.78, 5) is 33.9. The number of hydrogen-bond donors (Lipinski definition) is 1. The molecule has 2 amide bonds. The van der Waals surface area contributed by atoms with E-state index in [0.717, 1.165) is 12.8 Å². The van der Waals surface area contributed by atoms with Gasteiger partial charge in [0.15, 0.2) is 0 Å². The molecule has 7 heteroatoms. The van der Waals surface area contributed by atoms with Gasteiger partial charge < -0.3 is 15.0 Å². The molecule has 1 saturated heterocycles. The minimum Gasteiger partial charge on any atom is -0.472 e. The van der Waals surface area contributed by atoms with Crippen LogP contribution < -0.4 is 10.1 Å². The fourth-order valence-electron chi connectivity index (χ4n) is 2.97. The highest BCUT2D eigenvalue weighted by atomic mass is 16.5. The highest BCUT2D eigenvalue weighted by molar-refractivity contribution is 5.95. The number of rotatable bonds is 4. The highest BCUT2D eigenvalue weighted by Crippen LogP contribution is 2.19. The minimum atomic E-state index is -0.139. The van der Waals surface area contributed by atoms with Gasteiger partial charge in [-0.3, -0.25) is 9.59 Å². The van der Waals surface area contributed by atoms with Crippen molar-refractivity contribution in [3.8, 4) is 5.88 Å². The van der Waals surface area contributed by atoms with Crippen molar-refractivity contribution in [2.75, 3.05) is 18.4 Å². The molecule has 2 aromatic rings. The van der Waals surface area contributed by atoms with Gasteiger partial charge in [0.05, 0.1) is 6.54 Å². The van der Waals surface area contributed by atoms with Crippen LogP contribution in [0.25, 0.3) is 0 Å². The lowest BCUT2D eigenvalue weighted by molar-refractivity contribution is -0.114. The first-order valence-electron chi connectivity index (χ1n) is 8.64. The number of hydrogen-bond acceptors (Lipinski definition) is 5. The number of likely N-dealkylation sites (tertiary alicyclic amines) is 1. The zero-order valence-electron chi connectivity index (χ0n) is 14.9. The molecule has 0 radical (unpaired) electrons. The number of aryl methyl sites for hydroxylation is 1. The summed E-state index contributed by atoms with van der Waals surface area (Å²) < 4.78 is 5.92. The summed E-state index contributed by atoms with van der Waals surface area (Å²) in [7, 11) is 0. The maximum Gasteiger partial charge on any atom is 0.253 e. The van der Waals surface area contributed by atoms with E-state index in [-0.39, 0.29) is 17.9 Å². The number of aromatic nitrogens is 2. The normalized spacial score (nSPS) is 16.8. The van der Waals surface area contributed by atoms with Gasteiger partial charge >= 0.3 is 0 Å². The molecular formula is C19H22N4O3. The molecule has 1 aliphatic heterocycles. The standard InChI is InChI=1S/C19H22N4O3/c1-13-20-10-9-18(21-13)26-17-4-3-11-23(12-17)19(25)15-5-7-16(8-6-15)22-14(2)24/h5-10,17H,3-4,11-12H2,1-2H3,(H,22,24). The minimum absolute atomic E-state index is 0.0356. The van der Waals surface area contributed by atoms with Crippen LogP contribution in [-0.2, 0) is 4.79 Å². The number of carbonyl (C=O) groups excluding carboxylic acids is 2. The van der Waals surface area contributed by atoms with Crippen LogP contribution in [0.5, 0.6) is 5.88 Å². The predicted octanol–water partition coefficient (Wildman–Crippen LogP) is 2.43. The predicted molar refractivity (Wildman–Crippen MR) is 97.1 cm³/mol. The molecule has 1 N–H and O–H groups in total. The lowest BCUT2D eigenvalue weighted by Gasteiger charge is -2.32. The SMILES string of the molecule is CC(=O)Nc1ccc(C(=O)N2CCCC(Oc3ccnc(C)n3)C2)cc1. The van der Waals surface area contributed by atoms with Gasteiger partial charge in [0.25, 0.3) is 5.91 Å². The van der Waals surface area contributed by atoms with Gasteiger partial charge in [-0.2, -0.15) is 4.98 Å². The molecule has 26 heavy (non-hydrogen) atoms. The monoisotopic (exact) mass is 354 g/mol. The van der Waals surface area contributed by atoms with Crippen LogP contribution in [0.2, 0.25) is 0 Å². The Bertz CT molecular complexity index is 792. The number of carbonyl (C=O) groups is 2. The van der Waals surface area contributed by atoms with E-state index in [4.69, 9.17) is 4.74 Å². The van der Waals surface area contributed by atoms with E-state index in [1.807, 2.05) is 6.92 Å². The molecule has 1 aromatic heterocycles. The van der Waals surface area contributed by atoms with Crippen molar-refractivity contribution in [2.24, 2.45) is 0 Å². The quantitative estimate of drug-likeness (QED) is 0.911. The van der Waals surface area contributed by atoms with Crippen molar-refractivity contribution in [3.63, 3.8) is 0 Å². The fourth-order valence-corrected chi connectivity index (χ4v) is 2.97. The maximum atomic E-state index is 12.7. The summed E-state index contributed by atoms with van der Waals surface area (Å²) in [6.45, 7) is 4.49. The number of benzene rings is 1. The average molecular weight is 354 g/mol. The Balaban J connectivity index is 1.63. The topological polar surface area (TPSA) is 84.4 Å². The van der Waals surface area contributed by atoms with Crippen LogP contribution in [0.3, 0.4) is 0 Å². The number of amides is 2. The van der Waals surface area contributed by atoms with Gasteiger partial charge in [0.1, 0.15) is 11.9 Å². The van der Waals surface area contributed by atoms with E-state index >= 15 is 0 Å². The first-order valence-corrected chi connectivity index (χ1v) is 8.64. The smallest absolute Gasteiger partial charge is 0.253 e. The highest BCUT2D eigenvalue weighted by Gasteiger charge is 2.26. The molecule has 0 spiro atoms. The zero-order chi connectivity index (χ0) is 18.5. The number of anilines is 1. The Labute approximate surface area is 152 Å². The van der Waals surface area contributed by atoms with Crippen LogP contribution in [0.1, 0.15) is 35.9 Å². The van der Waals surface area contributed by atoms with Crippen molar-refractivity contribution >= 4 is 17.5 Å². The van der Waals surface area contributed by atoms with E-state index in [2.05, 4.69) is 15.3 Å². The molecule has 3 rings (SSSR count). The van der Waals surface area contributed by atoms with Crippen LogP contribution in [0, 0.1) is 6.92 Å². The van der Waals surface area contributed by atoms with E-state index < -0.39 is 0 Å². The second kappa shape index (κ2) is 7.95. The Morgan fingerprint density at radius 2 is 2.00 bits per heavy atom. The molecule has 1 atom stereocenters. The lowest BCUT2D eigenvalue weighted by atomic mass is 10.1. The summed E-state index contributed by atoms with van der Waals surface area (Å²) in [5.41, 5.74) is 1.27. The molecular weight excluding hydrogens is 332 g/mol. The van der Waals surface area contributed by atoms with Crippen molar-refractivity contribution in [3.05, 3.63) is 47.9 Å². The second-order valence-corrected chi connectivity index (χ2v) is 6.33. The molecule has 1 aliphatic rings. The summed E-state index contributed by atoms with van der Waals surface area (Å²) in [6.07, 6.45) is 3.35. The van der Waals surface area contributed by atoms with Crippen molar-refractivity contribution in [1.29, 1.82) is 0 Å². The van der Waals surface area contributed by atoms with Gasteiger partial charge in [-0.25, -0.2) is 4.98 Å². The molecule has 0 aliphatic carbocycles. The van der Waals surface area contributed by atoms with Gasteiger partial charge in [-0.1, -0.05) is 0 Å². The summed E-state index contributed by atoms with van der Waals surface area (Å²) in [5, 5.41) is 2.69. The van der Waals surface area contributed by atoms with Crippen LogP contribution in [0.15, 0.2) is 36.5 Å². The lowest BCUT2D eigenvalue weighted by Crippen LogP contribution is -2.44. The second-order valence-electron chi connectivity index (χ2n) is 6.33. The number of nitrogens with zero attached hydrogens (tertiary/aromatic N) is 3. The van der Waals surface area contributed by atoms with E-state index in [1.165, 1.54) is 6.92 Å². The third kappa shape index (κ3) is 4.56. The van der Waals surface area contributed by atoms with Crippen molar-refractivity contribution in [2.45, 2.75) is 32.8 Å². The maximum absolute atomic E-state index is 12.7. The fraction of sp³-hybridized carbons (Fsp3) is 0.368. The van der Waals surface area contributed by atoms with E-state index in [1.54, 1.807) is 41.4 Å². The largest absolute Gasteiger partial charge is 0.472 e. The summed E-state index contributed by atoms with van der Waals surface area (Å²) in [6, 6.07) is 8.65. The van der Waals surface area contributed by atoms with Crippen LogP contribution in [0.4, 0.5) is 5.69 Å². The zero-order valence-corrected chi connectivity index (χ0v) is 14.9. The van der Waals surface area contributed by atoms with Gasteiger partial charge in [0, 0.05) is 37.0 Å². The van der Waals surface area contributed by atoms with E-state index in [9.17, 15) is 9.59 Å².